The Morgan fingerprint density at radius 2 is 0.507 bits per heavy atom. The Morgan fingerprint density at radius 1 is 0.216 bits per heavy atom. The van der Waals surface area contributed by atoms with Crippen molar-refractivity contribution >= 4 is 259 Å². The minimum Gasteiger partial charge on any atom is -0.456 e. The van der Waals surface area contributed by atoms with Crippen molar-refractivity contribution in [2.45, 2.75) is 6.92 Å². The van der Waals surface area contributed by atoms with Gasteiger partial charge in [0.2, 0.25) is 34.7 Å². The Labute approximate surface area is 753 Å². The standard InChI is InChI=1S/2C40H21N5O.C36H20N6/c1-3-10-24-18-32-30(16-22(24)8-1)41-39-43(32)34-20-26(27-13-7-14-29-28-12-5-6-15-36(28)46-38(27)29)21-35-37(34)45(39)40-42-31-17-23-9-2-4-11-25(23)19-33(31)44(35)40;1-3-9-24-18-32-30(16-22(24)7-1)41-39-43(32)34-20-27(26-13-14-37-29(15-26)28-11-5-6-12-36(28)46-37)21-35-38(34)45(39)40-42-31-17-23-8-2-4-10-25(23)19-33(31)44(35)40;1-20-10-11-21(19-37)12-27(20)26-17-32-34-33(18-26)41-31-16-25-9-5-3-7-23(25)14-29(31)39-36(41)42(34)35-38-28-13-22-6-2-4-8-24(22)15-30(28)40(32)35/h2*1-21H;2-18H,1H3. The maximum absolute atomic E-state index is 9.70. The summed E-state index contributed by atoms with van der Waals surface area (Å²) < 4.78 is 33.2. The molecule has 134 heavy (non-hydrogen) atoms. The van der Waals surface area contributed by atoms with E-state index in [-0.39, 0.29) is 0 Å². The summed E-state index contributed by atoms with van der Waals surface area (Å²) in [5, 5.41) is 28.4. The second kappa shape index (κ2) is 25.2. The zero-order valence-corrected chi connectivity index (χ0v) is 71.0. The fourth-order valence-electron chi connectivity index (χ4n) is 22.6. The van der Waals surface area contributed by atoms with E-state index in [1.807, 2.05) is 42.5 Å². The SMILES string of the molecule is Cc1ccc(C#N)cc1-c1cc2c3c(c1)n1c4cc5ccccc5cc4nc1n3c1nc3cc4ccccc4cc3n21.c1ccc2cc3c(cc2c1)nc1n3c2cc(-c3ccc4oc5ccccc5c4c3)cc3c2n1c1nc2cc4ccccc4cc2n31.c1ccc2cc3c(cc2c1)nc1n3c2cc(-c3cccc4c3oc3ccccc34)cc3c2n1c1nc2cc4ccccc4cc2n31. The Hall–Kier alpha value is -18.7. The van der Waals surface area contributed by atoms with Crippen LogP contribution >= 0.6 is 0 Å². The van der Waals surface area contributed by atoms with E-state index in [0.29, 0.717) is 5.56 Å². The van der Waals surface area contributed by atoms with Crippen molar-refractivity contribution in [1.82, 2.24) is 69.5 Å². The summed E-state index contributed by atoms with van der Waals surface area (Å²) in [6.07, 6.45) is 0. The molecule has 34 aromatic rings. The number of imidazole rings is 12. The van der Waals surface area contributed by atoms with E-state index in [1.165, 1.54) is 64.6 Å². The highest BCUT2D eigenvalue weighted by Gasteiger charge is 2.31. The molecule has 14 heterocycles. The number of aryl methyl sites for hydroxylation is 1. The lowest BCUT2D eigenvalue weighted by molar-refractivity contribution is 0.669. The van der Waals surface area contributed by atoms with Gasteiger partial charge in [-0.05, 0) is 251 Å². The van der Waals surface area contributed by atoms with Crippen LogP contribution in [-0.4, -0.2) is 69.5 Å². The largest absolute Gasteiger partial charge is 0.456 e. The predicted molar refractivity (Wildman–Crippen MR) is 541 cm³/mol. The highest BCUT2D eigenvalue weighted by Crippen LogP contribution is 2.47. The lowest BCUT2D eigenvalue weighted by Crippen LogP contribution is -1.90. The Bertz CT molecular complexity index is 10900. The third-order valence-corrected chi connectivity index (χ3v) is 28.7. The lowest BCUT2D eigenvalue weighted by atomic mass is 9.97. The van der Waals surface area contributed by atoms with Gasteiger partial charge in [-0.1, -0.05) is 212 Å². The third-order valence-electron chi connectivity index (χ3n) is 28.7. The van der Waals surface area contributed by atoms with E-state index in [1.54, 1.807) is 0 Å². The number of para-hydroxylation sites is 3. The van der Waals surface area contributed by atoms with Crippen molar-refractivity contribution in [2.75, 3.05) is 0 Å². The molecule has 0 unspecified atom stereocenters. The summed E-state index contributed by atoms with van der Waals surface area (Å²) >= 11 is 0. The lowest BCUT2D eigenvalue weighted by Gasteiger charge is -2.09. The molecule has 18 heteroatoms. The van der Waals surface area contributed by atoms with Gasteiger partial charge in [0.05, 0.1) is 111 Å². The second-order valence-electron chi connectivity index (χ2n) is 35.9. The number of fused-ring (bicyclic) bond motifs is 42. The highest BCUT2D eigenvalue weighted by atomic mass is 16.3. The van der Waals surface area contributed by atoms with Gasteiger partial charge >= 0.3 is 0 Å². The topological polar surface area (TPSA) is 167 Å². The first-order valence-corrected chi connectivity index (χ1v) is 45.0. The molecule has 618 valence electrons. The van der Waals surface area contributed by atoms with Gasteiger partial charge in [-0.15, -0.1) is 0 Å². The molecule has 0 spiro atoms. The number of aromatic nitrogens is 15. The minimum absolute atomic E-state index is 0.648. The van der Waals surface area contributed by atoms with Crippen molar-refractivity contribution in [3.05, 3.63) is 369 Å². The number of rotatable bonds is 3. The second-order valence-corrected chi connectivity index (χ2v) is 35.9. The van der Waals surface area contributed by atoms with Crippen molar-refractivity contribution < 1.29 is 8.83 Å². The van der Waals surface area contributed by atoms with Gasteiger partial charge in [0.15, 0.2) is 0 Å². The van der Waals surface area contributed by atoms with E-state index in [0.717, 1.165) is 233 Å². The number of nitrogens with zero attached hydrogens (tertiary/aromatic N) is 16. The molecule has 0 atom stereocenters. The molecule has 0 saturated heterocycles. The normalized spacial score (nSPS) is 12.7. The van der Waals surface area contributed by atoms with E-state index >= 15 is 0 Å². The molecule has 20 aromatic carbocycles. The average Bonchev–Trinajstić information content (AvgIpc) is 1.52. The van der Waals surface area contributed by atoms with Crippen molar-refractivity contribution in [1.29, 1.82) is 5.26 Å². The molecule has 14 aromatic heterocycles. The van der Waals surface area contributed by atoms with Crippen LogP contribution < -0.4 is 0 Å². The summed E-state index contributed by atoms with van der Waals surface area (Å²) in [6, 6.07) is 129. The van der Waals surface area contributed by atoms with E-state index in [4.69, 9.17) is 38.7 Å². The summed E-state index contributed by atoms with van der Waals surface area (Å²) in [4.78, 5) is 31.5. The van der Waals surface area contributed by atoms with Crippen LogP contribution in [0.3, 0.4) is 0 Å². The van der Waals surface area contributed by atoms with Gasteiger partial charge in [-0.3, -0.25) is 26.4 Å². The van der Waals surface area contributed by atoms with Crippen LogP contribution in [0.25, 0.3) is 292 Å². The molecule has 0 saturated carbocycles. The minimum atomic E-state index is 0.648. The zero-order chi connectivity index (χ0) is 87.0. The molecule has 0 fully saturated rings. The molecule has 0 bridgehead atoms. The van der Waals surface area contributed by atoms with Gasteiger partial charge in [-0.25, -0.2) is 43.1 Å². The maximum atomic E-state index is 9.70. The molecule has 0 N–H and O–H groups in total. The van der Waals surface area contributed by atoms with Crippen LogP contribution in [0, 0.1) is 18.3 Å². The van der Waals surface area contributed by atoms with Crippen LogP contribution in [0.2, 0.25) is 0 Å². The molecular formula is C116H62N16O2. The predicted octanol–water partition coefficient (Wildman–Crippen LogP) is 28.3. The molecule has 18 nitrogen and oxygen atoms in total. The van der Waals surface area contributed by atoms with Crippen LogP contribution in [0.4, 0.5) is 0 Å². The number of nitriles is 1. The molecule has 34 rings (SSSR count). The quantitative estimate of drug-likeness (QED) is 0.167. The van der Waals surface area contributed by atoms with Crippen molar-refractivity contribution in [3.8, 4) is 39.4 Å². The van der Waals surface area contributed by atoms with Crippen LogP contribution in [0.1, 0.15) is 11.1 Å². The van der Waals surface area contributed by atoms with E-state index in [9.17, 15) is 5.26 Å². The van der Waals surface area contributed by atoms with Crippen LogP contribution in [0.5, 0.6) is 0 Å². The van der Waals surface area contributed by atoms with Crippen molar-refractivity contribution in [2.24, 2.45) is 0 Å². The zero-order valence-electron chi connectivity index (χ0n) is 71.0. The maximum Gasteiger partial charge on any atom is 0.223 e. The Balaban J connectivity index is 0.0000000925. The molecule has 0 amide bonds. The van der Waals surface area contributed by atoms with Crippen molar-refractivity contribution in [3.63, 3.8) is 0 Å². The fourth-order valence-corrected chi connectivity index (χ4v) is 22.6. The first kappa shape index (κ1) is 70.4. The third kappa shape index (κ3) is 9.33. The Kier molecular flexibility index (Phi) is 13.2. The van der Waals surface area contributed by atoms with Gasteiger partial charge in [0, 0.05) is 27.1 Å². The molecular weight excluding hydrogens is 1650 g/mol. The summed E-state index contributed by atoms with van der Waals surface area (Å²) in [6.45, 7) is 2.10. The number of hydrogen-bond donors (Lipinski definition) is 0. The fraction of sp³-hybridized carbons (Fsp3) is 0.00862. The highest BCUT2D eigenvalue weighted by molar-refractivity contribution is 6.17. The number of benzene rings is 20. The number of hydrogen-bond acceptors (Lipinski definition) is 9. The van der Waals surface area contributed by atoms with E-state index in [2.05, 4.69) is 368 Å². The van der Waals surface area contributed by atoms with Crippen LogP contribution in [-0.2, 0) is 0 Å². The molecule has 0 aliphatic carbocycles. The first-order chi connectivity index (χ1) is 66.2. The number of furan rings is 2. The average molecular weight is 1710 g/mol. The van der Waals surface area contributed by atoms with Gasteiger partial charge in [0.1, 0.15) is 38.9 Å². The summed E-state index contributed by atoms with van der Waals surface area (Å²) in [5.41, 5.74) is 34.0. The first-order valence-electron chi connectivity index (χ1n) is 45.0. The van der Waals surface area contributed by atoms with Crippen LogP contribution in [0.15, 0.2) is 367 Å². The Morgan fingerprint density at radius 3 is 0.858 bits per heavy atom. The monoisotopic (exact) mass is 1710 g/mol. The van der Waals surface area contributed by atoms with E-state index < -0.39 is 0 Å². The van der Waals surface area contributed by atoms with Gasteiger partial charge in [-0.2, -0.15) is 5.26 Å². The molecule has 0 radical (unpaired) electrons. The molecule has 0 aliphatic rings. The molecule has 0 aliphatic heterocycles. The summed E-state index contributed by atoms with van der Waals surface area (Å²) in [5.74, 6) is 5.14. The van der Waals surface area contributed by atoms with Gasteiger partial charge in [0.25, 0.3) is 0 Å². The smallest absolute Gasteiger partial charge is 0.223 e. The summed E-state index contributed by atoms with van der Waals surface area (Å²) in [7, 11) is 0. The van der Waals surface area contributed by atoms with Gasteiger partial charge < -0.3 is 8.83 Å².